The van der Waals surface area contributed by atoms with Crippen LogP contribution in [0.3, 0.4) is 0 Å². The summed E-state index contributed by atoms with van der Waals surface area (Å²) in [6.07, 6.45) is 3.37. The minimum absolute atomic E-state index is 0.0515. The smallest absolute Gasteiger partial charge is 0.387 e. The number of aromatic nitrogens is 2. The van der Waals surface area contributed by atoms with Crippen molar-refractivity contribution in [3.63, 3.8) is 0 Å². The second-order valence-corrected chi connectivity index (χ2v) is 8.55. The van der Waals surface area contributed by atoms with Gasteiger partial charge in [-0.3, -0.25) is 4.79 Å². The molecule has 1 fully saturated rings. The Bertz CT molecular complexity index is 1210. The number of aryl methyl sites for hydroxylation is 1. The number of alkyl halides is 2. The van der Waals surface area contributed by atoms with Crippen molar-refractivity contribution >= 4 is 16.9 Å². The monoisotopic (exact) mass is 457 g/mol. The van der Waals surface area contributed by atoms with Gasteiger partial charge in [0, 0.05) is 18.0 Å². The number of nitrogens with two attached hydrogens (primary N) is 1. The summed E-state index contributed by atoms with van der Waals surface area (Å²) in [4.78, 5) is 16.8. The third-order valence-corrected chi connectivity index (χ3v) is 6.30. The van der Waals surface area contributed by atoms with E-state index in [1.807, 2.05) is 16.7 Å². The van der Waals surface area contributed by atoms with Crippen molar-refractivity contribution < 1.29 is 27.8 Å². The van der Waals surface area contributed by atoms with E-state index in [0.29, 0.717) is 42.6 Å². The summed E-state index contributed by atoms with van der Waals surface area (Å²) < 4.78 is 43.7. The maximum absolute atomic E-state index is 12.9. The summed E-state index contributed by atoms with van der Waals surface area (Å²) >= 11 is 0. The summed E-state index contributed by atoms with van der Waals surface area (Å²) in [6.45, 7) is -1.76. The molecule has 9 heteroatoms. The van der Waals surface area contributed by atoms with E-state index in [0.717, 1.165) is 35.9 Å². The van der Waals surface area contributed by atoms with Crippen molar-refractivity contribution in [1.29, 1.82) is 0 Å². The predicted molar refractivity (Wildman–Crippen MR) is 118 cm³/mol. The van der Waals surface area contributed by atoms with Gasteiger partial charge >= 0.3 is 6.61 Å². The standard InChI is InChI=1S/C24H25F2N3O4/c1-31-18-6-5-15(12-19(18)33-24(25)26)23-28-17-10-13(9-16(22(27)30)14-3-4-14)11-20-21(17)29(23)7-2-8-32-20/h5-6,10-12,14,16,24H,2-4,7-9H2,1H3,(H2,27,30)/t16-/m0/s1. The van der Waals surface area contributed by atoms with Crippen LogP contribution in [0.1, 0.15) is 24.8 Å². The minimum Gasteiger partial charge on any atom is -0.493 e. The van der Waals surface area contributed by atoms with Crippen molar-refractivity contribution in [2.45, 2.75) is 38.8 Å². The number of imidazole rings is 1. The Kier molecular flexibility index (Phi) is 5.55. The molecule has 1 aromatic heterocycles. The summed E-state index contributed by atoms with van der Waals surface area (Å²) in [6, 6.07) is 8.80. The molecule has 2 N–H and O–H groups in total. The lowest BCUT2D eigenvalue weighted by Gasteiger charge is -2.14. The number of hydrogen-bond acceptors (Lipinski definition) is 5. The molecule has 3 aromatic rings. The van der Waals surface area contributed by atoms with Crippen molar-refractivity contribution in [1.82, 2.24) is 9.55 Å². The molecule has 2 heterocycles. The van der Waals surface area contributed by atoms with Crippen LogP contribution < -0.4 is 19.9 Å². The Morgan fingerprint density at radius 3 is 2.79 bits per heavy atom. The van der Waals surface area contributed by atoms with Crippen LogP contribution in [-0.4, -0.2) is 35.8 Å². The fraction of sp³-hybridized carbons (Fsp3) is 0.417. The van der Waals surface area contributed by atoms with Gasteiger partial charge in [-0.25, -0.2) is 4.98 Å². The van der Waals surface area contributed by atoms with Crippen LogP contribution >= 0.6 is 0 Å². The third kappa shape index (κ3) is 4.19. The molecule has 1 aliphatic carbocycles. The van der Waals surface area contributed by atoms with E-state index in [2.05, 4.69) is 4.74 Å². The third-order valence-electron chi connectivity index (χ3n) is 6.30. The van der Waals surface area contributed by atoms with Crippen LogP contribution in [-0.2, 0) is 17.8 Å². The molecule has 1 amide bonds. The van der Waals surface area contributed by atoms with Gasteiger partial charge in [0.25, 0.3) is 0 Å². The molecule has 0 saturated heterocycles. The Hall–Kier alpha value is -3.36. The zero-order valence-corrected chi connectivity index (χ0v) is 18.2. The van der Waals surface area contributed by atoms with Crippen molar-refractivity contribution in [2.24, 2.45) is 17.6 Å². The maximum atomic E-state index is 12.9. The zero-order chi connectivity index (χ0) is 23.1. The SMILES string of the molecule is COc1ccc(-c2nc3cc(C[C@H](C(N)=O)C4CC4)cc4c3n2CCCO4)cc1OC(F)F. The normalized spacial score (nSPS) is 16.4. The molecule has 0 bridgehead atoms. The van der Waals surface area contributed by atoms with E-state index >= 15 is 0 Å². The van der Waals surface area contributed by atoms with E-state index in [4.69, 9.17) is 20.2 Å². The molecule has 1 aliphatic heterocycles. The Morgan fingerprint density at radius 2 is 2.09 bits per heavy atom. The first-order chi connectivity index (χ1) is 15.9. The molecular formula is C24H25F2N3O4. The number of primary amides is 1. The number of nitrogens with zero attached hydrogens (tertiary/aromatic N) is 2. The highest BCUT2D eigenvalue weighted by molar-refractivity contribution is 5.87. The largest absolute Gasteiger partial charge is 0.493 e. The molecule has 0 radical (unpaired) electrons. The summed E-state index contributed by atoms with van der Waals surface area (Å²) in [5, 5.41) is 0. The molecule has 7 nitrogen and oxygen atoms in total. The average molecular weight is 457 g/mol. The molecule has 2 aliphatic rings. The van der Waals surface area contributed by atoms with Crippen molar-refractivity contribution in [3.05, 3.63) is 35.9 Å². The molecule has 0 unspecified atom stereocenters. The predicted octanol–water partition coefficient (Wildman–Crippen LogP) is 4.15. The minimum atomic E-state index is -2.97. The lowest BCUT2D eigenvalue weighted by molar-refractivity contribution is -0.122. The highest BCUT2D eigenvalue weighted by atomic mass is 19.3. The van der Waals surface area contributed by atoms with E-state index in [9.17, 15) is 13.6 Å². The van der Waals surface area contributed by atoms with E-state index in [-0.39, 0.29) is 23.3 Å². The fourth-order valence-electron chi connectivity index (χ4n) is 4.61. The van der Waals surface area contributed by atoms with Crippen LogP contribution in [0.4, 0.5) is 8.78 Å². The molecule has 33 heavy (non-hydrogen) atoms. The number of halogens is 2. The van der Waals surface area contributed by atoms with Crippen LogP contribution in [0.2, 0.25) is 0 Å². The molecule has 1 saturated carbocycles. The number of ether oxygens (including phenoxy) is 3. The zero-order valence-electron chi connectivity index (χ0n) is 18.2. The van der Waals surface area contributed by atoms with Gasteiger partial charge in [-0.1, -0.05) is 0 Å². The van der Waals surface area contributed by atoms with E-state index in [1.165, 1.54) is 13.2 Å². The van der Waals surface area contributed by atoms with E-state index < -0.39 is 6.61 Å². The average Bonchev–Trinajstić information content (AvgIpc) is 3.57. The maximum Gasteiger partial charge on any atom is 0.387 e. The van der Waals surface area contributed by atoms with Crippen LogP contribution in [0.25, 0.3) is 22.4 Å². The second kappa shape index (κ2) is 8.53. The van der Waals surface area contributed by atoms with E-state index in [1.54, 1.807) is 12.1 Å². The van der Waals surface area contributed by atoms with Crippen LogP contribution in [0, 0.1) is 11.8 Å². The first kappa shape index (κ1) is 21.5. The number of carbonyl (C=O) groups is 1. The second-order valence-electron chi connectivity index (χ2n) is 8.55. The highest BCUT2D eigenvalue weighted by Gasteiger charge is 2.35. The molecule has 2 aromatic carbocycles. The van der Waals surface area contributed by atoms with Gasteiger partial charge in [-0.15, -0.1) is 0 Å². The molecular weight excluding hydrogens is 432 g/mol. The van der Waals surface area contributed by atoms with Gasteiger partial charge in [0.2, 0.25) is 5.91 Å². The van der Waals surface area contributed by atoms with Crippen LogP contribution in [0.15, 0.2) is 30.3 Å². The van der Waals surface area contributed by atoms with Crippen molar-refractivity contribution in [3.8, 4) is 28.6 Å². The number of methoxy groups -OCH3 is 1. The van der Waals surface area contributed by atoms with Gasteiger partial charge in [-0.2, -0.15) is 8.78 Å². The van der Waals surface area contributed by atoms with Gasteiger partial charge in [-0.05, 0) is 67.5 Å². The number of benzene rings is 2. The Morgan fingerprint density at radius 1 is 1.27 bits per heavy atom. The first-order valence-corrected chi connectivity index (χ1v) is 11.0. The highest BCUT2D eigenvalue weighted by Crippen LogP contribution is 2.41. The van der Waals surface area contributed by atoms with Gasteiger partial charge in [0.15, 0.2) is 11.5 Å². The Labute approximate surface area is 189 Å². The molecule has 1 atom stereocenters. The van der Waals surface area contributed by atoms with Gasteiger partial charge in [0.05, 0.1) is 19.2 Å². The molecule has 0 spiro atoms. The number of amides is 1. The van der Waals surface area contributed by atoms with Gasteiger partial charge in [0.1, 0.15) is 17.1 Å². The van der Waals surface area contributed by atoms with Crippen molar-refractivity contribution in [2.75, 3.05) is 13.7 Å². The van der Waals surface area contributed by atoms with Gasteiger partial charge < -0.3 is 24.5 Å². The number of hydrogen-bond donors (Lipinski definition) is 1. The lowest BCUT2D eigenvalue weighted by Crippen LogP contribution is -2.26. The topological polar surface area (TPSA) is 88.6 Å². The summed E-state index contributed by atoms with van der Waals surface area (Å²) in [5.41, 5.74) is 8.81. The molecule has 174 valence electrons. The fourth-order valence-corrected chi connectivity index (χ4v) is 4.61. The Balaban J connectivity index is 1.59. The number of carbonyl (C=O) groups excluding carboxylic acids is 1. The number of rotatable bonds is 8. The first-order valence-electron chi connectivity index (χ1n) is 11.0. The molecule has 5 rings (SSSR count). The summed E-state index contributed by atoms with van der Waals surface area (Å²) in [7, 11) is 1.40. The van der Waals surface area contributed by atoms with Crippen LogP contribution in [0.5, 0.6) is 17.2 Å². The summed E-state index contributed by atoms with van der Waals surface area (Å²) in [5.74, 6) is 1.37. The lowest BCUT2D eigenvalue weighted by atomic mass is 9.94. The quantitative estimate of drug-likeness (QED) is 0.549.